The number of likely N-dealkylation sites (tertiary alicyclic amines) is 1. The second kappa shape index (κ2) is 6.47. The van der Waals surface area contributed by atoms with E-state index < -0.39 is 12.0 Å². The molecule has 1 fully saturated rings. The van der Waals surface area contributed by atoms with Crippen molar-refractivity contribution in [1.29, 1.82) is 0 Å². The smallest absolute Gasteiger partial charge is 0.326 e. The average Bonchev–Trinajstić information content (AvgIpc) is 2.28. The highest BCUT2D eigenvalue weighted by molar-refractivity contribution is 5.82. The van der Waals surface area contributed by atoms with Gasteiger partial charge in [-0.2, -0.15) is 0 Å². The molecule has 98 valence electrons. The van der Waals surface area contributed by atoms with Crippen molar-refractivity contribution in [3.05, 3.63) is 0 Å². The maximum atomic E-state index is 11.8. The van der Waals surface area contributed by atoms with Gasteiger partial charge in [0, 0.05) is 13.1 Å². The first-order valence-corrected chi connectivity index (χ1v) is 6.29. The summed E-state index contributed by atoms with van der Waals surface area (Å²) in [4.78, 5) is 24.6. The molecule has 5 nitrogen and oxygen atoms in total. The van der Waals surface area contributed by atoms with E-state index in [-0.39, 0.29) is 11.9 Å². The Hall–Kier alpha value is -1.26. The number of hydrogen-bond donors (Lipinski definition) is 2. The van der Waals surface area contributed by atoms with Gasteiger partial charge in [0.2, 0.25) is 0 Å². The normalized spacial score (nSPS) is 17.9. The van der Waals surface area contributed by atoms with Crippen molar-refractivity contribution in [3.63, 3.8) is 0 Å². The molecule has 0 aromatic heterocycles. The maximum absolute atomic E-state index is 11.8. The summed E-state index contributed by atoms with van der Waals surface area (Å²) in [7, 11) is 0. The molecule has 0 spiro atoms. The number of rotatable bonds is 4. The quantitative estimate of drug-likeness (QED) is 0.788. The largest absolute Gasteiger partial charge is 0.480 e. The van der Waals surface area contributed by atoms with Gasteiger partial charge in [0.25, 0.3) is 0 Å². The fourth-order valence-electron chi connectivity index (χ4n) is 2.03. The van der Waals surface area contributed by atoms with Crippen LogP contribution in [0.4, 0.5) is 4.79 Å². The lowest BCUT2D eigenvalue weighted by Gasteiger charge is -2.28. The highest BCUT2D eigenvalue weighted by Gasteiger charge is 2.24. The number of urea groups is 1. The number of nitrogens with zero attached hydrogens (tertiary/aromatic N) is 1. The summed E-state index contributed by atoms with van der Waals surface area (Å²) in [6.45, 7) is 5.37. The summed E-state index contributed by atoms with van der Waals surface area (Å²) in [6, 6.07) is -1.01. The molecule has 1 aliphatic heterocycles. The SMILES string of the molecule is CC(C)C[C@H](NC(=O)N1CCCCC1)C(=O)O. The van der Waals surface area contributed by atoms with Crippen LogP contribution in [0.3, 0.4) is 0 Å². The average molecular weight is 242 g/mol. The molecule has 1 atom stereocenters. The third kappa shape index (κ3) is 4.63. The molecule has 0 aliphatic carbocycles. The topological polar surface area (TPSA) is 69.6 Å². The zero-order valence-corrected chi connectivity index (χ0v) is 10.6. The van der Waals surface area contributed by atoms with Gasteiger partial charge in [0.1, 0.15) is 6.04 Å². The predicted octanol–water partition coefficient (Wildman–Crippen LogP) is 1.68. The van der Waals surface area contributed by atoms with Crippen LogP contribution in [0.25, 0.3) is 0 Å². The number of carboxylic acid groups (broad SMARTS) is 1. The van der Waals surface area contributed by atoms with E-state index in [0.717, 1.165) is 32.4 Å². The molecule has 0 saturated carbocycles. The Labute approximate surface area is 102 Å². The lowest BCUT2D eigenvalue weighted by molar-refractivity contribution is -0.139. The van der Waals surface area contributed by atoms with Crippen molar-refractivity contribution in [2.24, 2.45) is 5.92 Å². The Morgan fingerprint density at radius 2 is 1.82 bits per heavy atom. The lowest BCUT2D eigenvalue weighted by atomic mass is 10.0. The molecule has 5 heteroatoms. The summed E-state index contributed by atoms with van der Waals surface area (Å²) in [5.74, 6) is -0.707. The molecule has 2 amide bonds. The van der Waals surface area contributed by atoms with Gasteiger partial charge < -0.3 is 15.3 Å². The molecule has 1 aliphatic rings. The second-order valence-electron chi connectivity index (χ2n) is 5.02. The van der Waals surface area contributed by atoms with Gasteiger partial charge >= 0.3 is 12.0 Å². The van der Waals surface area contributed by atoms with Gasteiger partial charge in [0.15, 0.2) is 0 Å². The minimum absolute atomic E-state index is 0.238. The molecule has 0 aromatic carbocycles. The van der Waals surface area contributed by atoms with Crippen molar-refractivity contribution < 1.29 is 14.7 Å². The summed E-state index contributed by atoms with van der Waals surface area (Å²) in [6.07, 6.45) is 3.64. The highest BCUT2D eigenvalue weighted by atomic mass is 16.4. The zero-order valence-electron chi connectivity index (χ0n) is 10.6. The molecule has 2 N–H and O–H groups in total. The fourth-order valence-corrected chi connectivity index (χ4v) is 2.03. The van der Waals surface area contributed by atoms with Crippen LogP contribution < -0.4 is 5.32 Å². The Balaban J connectivity index is 2.47. The minimum Gasteiger partial charge on any atom is -0.480 e. The molecule has 1 rings (SSSR count). The number of piperidine rings is 1. The first-order valence-electron chi connectivity index (χ1n) is 6.29. The van der Waals surface area contributed by atoms with E-state index in [0.29, 0.717) is 6.42 Å². The number of carbonyl (C=O) groups excluding carboxylic acids is 1. The second-order valence-corrected chi connectivity index (χ2v) is 5.02. The van der Waals surface area contributed by atoms with Crippen LogP contribution in [0, 0.1) is 5.92 Å². The van der Waals surface area contributed by atoms with Crippen LogP contribution in [0.15, 0.2) is 0 Å². The highest BCUT2D eigenvalue weighted by Crippen LogP contribution is 2.10. The number of aliphatic carboxylic acids is 1. The van der Waals surface area contributed by atoms with E-state index in [2.05, 4.69) is 5.32 Å². The molecule has 17 heavy (non-hydrogen) atoms. The van der Waals surface area contributed by atoms with E-state index in [4.69, 9.17) is 5.11 Å². The third-order valence-electron chi connectivity index (χ3n) is 2.95. The Bertz CT molecular complexity index is 273. The van der Waals surface area contributed by atoms with Crippen molar-refractivity contribution in [2.75, 3.05) is 13.1 Å². The van der Waals surface area contributed by atoms with Gasteiger partial charge in [0.05, 0.1) is 0 Å². The van der Waals surface area contributed by atoms with E-state index >= 15 is 0 Å². The van der Waals surface area contributed by atoms with Crippen molar-refractivity contribution in [2.45, 2.75) is 45.6 Å². The Kier molecular flexibility index (Phi) is 5.25. The monoisotopic (exact) mass is 242 g/mol. The summed E-state index contributed by atoms with van der Waals surface area (Å²) in [5.41, 5.74) is 0. The van der Waals surface area contributed by atoms with Crippen molar-refractivity contribution in [3.8, 4) is 0 Å². The number of hydrogen-bond acceptors (Lipinski definition) is 2. The van der Waals surface area contributed by atoms with Gasteiger partial charge in [-0.05, 0) is 31.6 Å². The fraction of sp³-hybridized carbons (Fsp3) is 0.833. The van der Waals surface area contributed by atoms with E-state index in [9.17, 15) is 9.59 Å². The minimum atomic E-state index is -0.955. The summed E-state index contributed by atoms with van der Waals surface area (Å²) < 4.78 is 0. The first-order chi connectivity index (χ1) is 8.00. The van der Waals surface area contributed by atoms with Crippen LogP contribution in [0.1, 0.15) is 39.5 Å². The summed E-state index contributed by atoms with van der Waals surface area (Å²) in [5, 5.41) is 11.6. The zero-order chi connectivity index (χ0) is 12.8. The third-order valence-corrected chi connectivity index (χ3v) is 2.95. The van der Waals surface area contributed by atoms with E-state index in [1.165, 1.54) is 0 Å². The number of amides is 2. The lowest BCUT2D eigenvalue weighted by Crippen LogP contribution is -2.49. The van der Waals surface area contributed by atoms with Crippen LogP contribution in [0.2, 0.25) is 0 Å². The number of carboxylic acids is 1. The molecule has 0 radical (unpaired) electrons. The molecule has 1 saturated heterocycles. The molecule has 1 heterocycles. The van der Waals surface area contributed by atoms with Crippen LogP contribution in [-0.2, 0) is 4.79 Å². The van der Waals surface area contributed by atoms with Crippen LogP contribution in [0.5, 0.6) is 0 Å². The summed E-state index contributed by atoms with van der Waals surface area (Å²) >= 11 is 0. The molecule has 0 unspecified atom stereocenters. The van der Waals surface area contributed by atoms with Crippen LogP contribution in [-0.4, -0.2) is 41.1 Å². The molecule has 0 bridgehead atoms. The maximum Gasteiger partial charge on any atom is 0.326 e. The molecular weight excluding hydrogens is 220 g/mol. The first kappa shape index (κ1) is 13.8. The van der Waals surface area contributed by atoms with Gasteiger partial charge in [-0.15, -0.1) is 0 Å². The Morgan fingerprint density at radius 1 is 1.24 bits per heavy atom. The van der Waals surface area contributed by atoms with Gasteiger partial charge in [-0.3, -0.25) is 0 Å². The van der Waals surface area contributed by atoms with Crippen LogP contribution >= 0.6 is 0 Å². The van der Waals surface area contributed by atoms with Gasteiger partial charge in [-0.1, -0.05) is 13.8 Å². The number of nitrogens with one attached hydrogen (secondary N) is 1. The van der Waals surface area contributed by atoms with E-state index in [1.54, 1.807) is 4.90 Å². The Morgan fingerprint density at radius 3 is 2.29 bits per heavy atom. The van der Waals surface area contributed by atoms with E-state index in [1.807, 2.05) is 13.8 Å². The van der Waals surface area contributed by atoms with Gasteiger partial charge in [-0.25, -0.2) is 9.59 Å². The molecular formula is C12H22N2O3. The number of carbonyl (C=O) groups is 2. The predicted molar refractivity (Wildman–Crippen MR) is 64.8 cm³/mol. The van der Waals surface area contributed by atoms with Crippen molar-refractivity contribution in [1.82, 2.24) is 10.2 Å². The molecule has 0 aromatic rings. The van der Waals surface area contributed by atoms with Crippen molar-refractivity contribution >= 4 is 12.0 Å². The standard InChI is InChI=1S/C12H22N2O3/c1-9(2)8-10(11(15)16)13-12(17)14-6-4-3-5-7-14/h9-10H,3-8H2,1-2H3,(H,13,17)(H,15,16)/t10-/m0/s1.